The van der Waals surface area contributed by atoms with Gasteiger partial charge in [-0.25, -0.2) is 19.2 Å². The summed E-state index contributed by atoms with van der Waals surface area (Å²) in [6, 6.07) is 8.14. The van der Waals surface area contributed by atoms with Crippen molar-refractivity contribution in [2.75, 3.05) is 6.61 Å². The summed E-state index contributed by atoms with van der Waals surface area (Å²) in [7, 11) is 0. The second-order valence-corrected chi connectivity index (χ2v) is 17.1. The molecule has 2 aliphatic heterocycles. The lowest BCUT2D eigenvalue weighted by molar-refractivity contribution is -0.320. The first kappa shape index (κ1) is 53.9. The number of ether oxygens (including phenoxy) is 7. The average molecular weight is 1090 g/mol. The molecule has 0 aliphatic carbocycles. The molecule has 8 rings (SSSR count). The molecule has 410 valence electrons. The van der Waals surface area contributed by atoms with Crippen LogP contribution in [0.3, 0.4) is 0 Å². The highest BCUT2D eigenvalue weighted by atomic mass is 16.7. The second kappa shape index (κ2) is 20.7. The fraction of sp³-hybridized carbons (Fsp3) is 0.184. The normalized spacial score (nSPS) is 20.6. The number of fused-ring (bicyclic) bond motifs is 1. The average Bonchev–Trinajstić information content (AvgIpc) is 3.37. The highest BCUT2D eigenvalue weighted by Crippen LogP contribution is 2.51. The zero-order valence-electron chi connectivity index (χ0n) is 38.8. The number of carbonyl (C=O) groups excluding carboxylic acids is 4. The Balaban J connectivity index is 1.19. The van der Waals surface area contributed by atoms with Crippen LogP contribution in [-0.2, 0) is 23.7 Å². The zero-order valence-corrected chi connectivity index (χ0v) is 38.8. The molecular formula is C49H40O29. The van der Waals surface area contributed by atoms with Crippen molar-refractivity contribution < 1.29 is 144 Å². The predicted octanol–water partition coefficient (Wildman–Crippen LogP) is 2.14. The number of hydrogen-bond donors (Lipinski definition) is 18. The third-order valence-corrected chi connectivity index (χ3v) is 11.9. The number of aliphatic hydroxyl groups is 2. The van der Waals surface area contributed by atoms with Gasteiger partial charge in [0.2, 0.25) is 5.75 Å². The van der Waals surface area contributed by atoms with E-state index >= 15 is 0 Å². The topological polar surface area (TPSA) is 497 Å². The summed E-state index contributed by atoms with van der Waals surface area (Å²) in [6.45, 7) is -1.25. The van der Waals surface area contributed by atoms with Crippen LogP contribution in [0.25, 0.3) is 0 Å². The third-order valence-electron chi connectivity index (χ3n) is 11.9. The fourth-order valence-electron chi connectivity index (χ4n) is 8.01. The molecule has 1 saturated heterocycles. The Morgan fingerprint density at radius 1 is 0.449 bits per heavy atom. The smallest absolute Gasteiger partial charge is 0.343 e. The maximum atomic E-state index is 13.9. The molecule has 1 fully saturated rings. The van der Waals surface area contributed by atoms with E-state index in [0.29, 0.717) is 48.5 Å². The molecule has 0 radical (unpaired) electrons. The number of aromatic hydroxyl groups is 16. The van der Waals surface area contributed by atoms with E-state index in [9.17, 15) is 111 Å². The molecule has 29 heteroatoms. The molecule has 29 nitrogen and oxygen atoms in total. The Hall–Kier alpha value is -10.4. The summed E-state index contributed by atoms with van der Waals surface area (Å²) < 4.78 is 39.6. The molecule has 18 N–H and O–H groups in total. The van der Waals surface area contributed by atoms with Gasteiger partial charge in [0.25, 0.3) is 0 Å². The molecule has 2 aliphatic rings. The van der Waals surface area contributed by atoms with E-state index in [0.717, 1.165) is 24.3 Å². The van der Waals surface area contributed by atoms with Gasteiger partial charge < -0.3 is 125 Å². The number of benzene rings is 6. The van der Waals surface area contributed by atoms with Crippen LogP contribution in [0.4, 0.5) is 0 Å². The minimum Gasteiger partial charge on any atom is -0.508 e. The third kappa shape index (κ3) is 10.4. The van der Waals surface area contributed by atoms with E-state index in [1.807, 2.05) is 0 Å². The Bertz CT molecular complexity index is 3320. The number of rotatable bonds is 12. The standard InChI is InChI=1S/C49H40O29/c50-19-11-20(51)33-30(12-19)73-41(14-1-21(52)34(61)22(53)2-14)39(66)43(33)78-49-44(77-48(71)17-7-27(58)37(64)28(59)8-17)40(67)42(76-47(70)16-5-25(56)36(63)26(57)6-16)32(75-49)13-72-45(68)18-9-29(60)38(65)31(10-18)74-46(69)15-3-23(54)35(62)24(55)4-15/h1-12,32,39-44,49-67H,13H2/t32?,39?,40-,41?,42+,43?,44?,49-/m0/s1. The molecule has 0 aromatic heterocycles. The summed E-state index contributed by atoms with van der Waals surface area (Å²) in [5.74, 6) is -23.7. The summed E-state index contributed by atoms with van der Waals surface area (Å²) in [4.78, 5) is 54.4. The van der Waals surface area contributed by atoms with Gasteiger partial charge in [-0.3, -0.25) is 0 Å². The van der Waals surface area contributed by atoms with Gasteiger partial charge in [-0.2, -0.15) is 0 Å². The number of phenolic OH excluding ortho intramolecular Hbond substituents is 16. The summed E-state index contributed by atoms with van der Waals surface area (Å²) in [5.41, 5.74) is -3.71. The van der Waals surface area contributed by atoms with Gasteiger partial charge in [-0.1, -0.05) is 0 Å². The molecule has 2 heterocycles. The Morgan fingerprint density at radius 2 is 0.872 bits per heavy atom. The van der Waals surface area contributed by atoms with Gasteiger partial charge in [0.1, 0.15) is 48.3 Å². The lowest BCUT2D eigenvalue weighted by Crippen LogP contribution is -2.62. The van der Waals surface area contributed by atoms with E-state index in [1.165, 1.54) is 0 Å². The molecular weight excluding hydrogens is 1050 g/mol. The molecule has 0 spiro atoms. The van der Waals surface area contributed by atoms with Gasteiger partial charge in [0.15, 0.2) is 105 Å². The van der Waals surface area contributed by atoms with Crippen molar-refractivity contribution in [2.24, 2.45) is 0 Å². The van der Waals surface area contributed by atoms with Gasteiger partial charge >= 0.3 is 23.9 Å². The van der Waals surface area contributed by atoms with Crippen molar-refractivity contribution in [3.05, 3.63) is 106 Å². The van der Waals surface area contributed by atoms with E-state index in [1.54, 1.807) is 0 Å². The minimum absolute atomic E-state index is 0.308. The number of esters is 4. The van der Waals surface area contributed by atoms with Crippen molar-refractivity contribution in [1.82, 2.24) is 0 Å². The first-order valence-electron chi connectivity index (χ1n) is 22.0. The Labute approximate surface area is 432 Å². The maximum Gasteiger partial charge on any atom is 0.343 e. The highest BCUT2D eigenvalue weighted by molar-refractivity contribution is 5.95. The van der Waals surface area contributed by atoms with Crippen molar-refractivity contribution >= 4 is 23.9 Å². The Kier molecular flexibility index (Phi) is 14.3. The SMILES string of the molecule is O=C(OCC1O[C@@H](OC2c3c(O)cc(O)cc3OC(c3cc(O)c(O)c(O)c3)C2O)C(OC(=O)c2cc(O)c(O)c(O)c2)[C@@H](O)[C@@H]1OC(=O)c1cc(O)c(O)c(O)c1)c1cc(O)c(O)c(OC(=O)c2cc(O)c(O)c(O)c2)c1. The Morgan fingerprint density at radius 3 is 1.36 bits per heavy atom. The van der Waals surface area contributed by atoms with Gasteiger partial charge in [-0.15, -0.1) is 0 Å². The first-order chi connectivity index (χ1) is 36.7. The van der Waals surface area contributed by atoms with Crippen molar-refractivity contribution in [3.8, 4) is 103 Å². The molecule has 5 unspecified atom stereocenters. The van der Waals surface area contributed by atoms with Crippen LogP contribution >= 0.6 is 0 Å². The van der Waals surface area contributed by atoms with Crippen LogP contribution in [0, 0.1) is 0 Å². The largest absolute Gasteiger partial charge is 0.508 e. The predicted molar refractivity (Wildman–Crippen MR) is 247 cm³/mol. The zero-order chi connectivity index (χ0) is 56.9. The summed E-state index contributed by atoms with van der Waals surface area (Å²) in [5, 5.41) is 188. The van der Waals surface area contributed by atoms with Crippen LogP contribution in [-0.4, -0.2) is 159 Å². The molecule has 0 bridgehead atoms. The van der Waals surface area contributed by atoms with Crippen LogP contribution in [0.5, 0.6) is 103 Å². The summed E-state index contributed by atoms with van der Waals surface area (Å²) in [6.07, 6.45) is -18.0. The number of phenols is 16. The molecule has 0 amide bonds. The fourth-order valence-corrected chi connectivity index (χ4v) is 8.01. The van der Waals surface area contributed by atoms with Crippen molar-refractivity contribution in [3.63, 3.8) is 0 Å². The van der Waals surface area contributed by atoms with Crippen molar-refractivity contribution in [2.45, 2.75) is 49.0 Å². The van der Waals surface area contributed by atoms with Gasteiger partial charge in [-0.05, 0) is 60.7 Å². The van der Waals surface area contributed by atoms with Crippen LogP contribution < -0.4 is 9.47 Å². The van der Waals surface area contributed by atoms with E-state index in [2.05, 4.69) is 0 Å². The lowest BCUT2D eigenvalue weighted by atomic mass is 9.90. The molecule has 6 aromatic carbocycles. The maximum absolute atomic E-state index is 13.9. The molecule has 8 atom stereocenters. The summed E-state index contributed by atoms with van der Waals surface area (Å²) >= 11 is 0. The van der Waals surface area contributed by atoms with Crippen molar-refractivity contribution in [1.29, 1.82) is 0 Å². The monoisotopic (exact) mass is 1090 g/mol. The highest BCUT2D eigenvalue weighted by Gasteiger charge is 2.54. The van der Waals surface area contributed by atoms with E-state index < -0.39 is 211 Å². The van der Waals surface area contributed by atoms with Gasteiger partial charge in [0, 0.05) is 17.7 Å². The number of hydrogen-bond acceptors (Lipinski definition) is 29. The number of carbonyl (C=O) groups is 4. The van der Waals surface area contributed by atoms with Gasteiger partial charge in [0.05, 0.1) is 27.8 Å². The minimum atomic E-state index is -2.55. The van der Waals surface area contributed by atoms with Crippen LogP contribution in [0.15, 0.2) is 72.8 Å². The second-order valence-electron chi connectivity index (χ2n) is 17.1. The van der Waals surface area contributed by atoms with E-state index in [-0.39, 0.29) is 5.56 Å². The lowest BCUT2D eigenvalue weighted by Gasteiger charge is -2.45. The quantitative estimate of drug-likeness (QED) is 0.0361. The molecule has 0 saturated carbocycles. The van der Waals surface area contributed by atoms with Crippen LogP contribution in [0.2, 0.25) is 0 Å². The molecule has 78 heavy (non-hydrogen) atoms. The first-order valence-corrected chi connectivity index (χ1v) is 22.0. The molecule has 6 aromatic rings. The van der Waals surface area contributed by atoms with E-state index in [4.69, 9.17) is 33.2 Å². The number of aliphatic hydroxyl groups excluding tert-OH is 2. The van der Waals surface area contributed by atoms with Crippen LogP contribution in [0.1, 0.15) is 64.8 Å².